The van der Waals surface area contributed by atoms with Crippen molar-refractivity contribution in [1.82, 2.24) is 24.6 Å². The highest BCUT2D eigenvalue weighted by atomic mass is 16.5. The van der Waals surface area contributed by atoms with Crippen molar-refractivity contribution in [1.29, 1.82) is 0 Å². The van der Waals surface area contributed by atoms with Gasteiger partial charge in [0.2, 0.25) is 0 Å². The molecule has 0 amide bonds. The number of hydrogen-bond acceptors (Lipinski definition) is 3. The Balaban J connectivity index is 1.70. The fraction of sp³-hybridized carbons (Fsp3) is 0.529. The molecular weight excluding hydrogens is 304 g/mol. The molecule has 24 heavy (non-hydrogen) atoms. The molecule has 0 aromatic carbocycles. The summed E-state index contributed by atoms with van der Waals surface area (Å²) < 4.78 is 9.78. The number of aryl methyl sites for hydroxylation is 2. The molecule has 3 rings (SSSR count). The normalized spacial score (nSPS) is 18.9. The monoisotopic (exact) mass is 330 g/mol. The van der Waals surface area contributed by atoms with Crippen molar-refractivity contribution in [2.75, 3.05) is 26.2 Å². The Hall–Kier alpha value is -2.28. The van der Waals surface area contributed by atoms with Crippen LogP contribution in [-0.4, -0.2) is 51.4 Å². The van der Waals surface area contributed by atoms with Crippen LogP contribution in [0.4, 0.5) is 0 Å². The average molecular weight is 330 g/mol. The number of rotatable bonds is 4. The lowest BCUT2D eigenvalue weighted by Crippen LogP contribution is -2.48. The number of nitrogens with one attached hydrogen (secondary N) is 1. The third-order valence-electron chi connectivity index (χ3n) is 4.10. The van der Waals surface area contributed by atoms with Crippen LogP contribution in [0.15, 0.2) is 35.8 Å². The van der Waals surface area contributed by atoms with Gasteiger partial charge in [-0.25, -0.2) is 4.99 Å². The van der Waals surface area contributed by atoms with E-state index in [1.54, 1.807) is 0 Å². The quantitative estimate of drug-likeness (QED) is 0.678. The summed E-state index contributed by atoms with van der Waals surface area (Å²) in [5.74, 6) is 0.943. The maximum Gasteiger partial charge on any atom is 0.194 e. The second kappa shape index (κ2) is 7.53. The van der Waals surface area contributed by atoms with Crippen LogP contribution in [0.2, 0.25) is 0 Å². The van der Waals surface area contributed by atoms with Crippen LogP contribution >= 0.6 is 0 Å². The molecule has 1 aliphatic heterocycles. The predicted octanol–water partition coefficient (Wildman–Crippen LogP) is 1.30. The van der Waals surface area contributed by atoms with E-state index in [0.717, 1.165) is 31.2 Å². The molecule has 1 saturated heterocycles. The zero-order chi connectivity index (χ0) is 16.9. The molecule has 1 unspecified atom stereocenters. The zero-order valence-electron chi connectivity index (χ0n) is 14.6. The highest BCUT2D eigenvalue weighted by Gasteiger charge is 2.25. The Morgan fingerprint density at radius 3 is 2.96 bits per heavy atom. The van der Waals surface area contributed by atoms with Crippen molar-refractivity contribution < 1.29 is 4.74 Å². The number of aliphatic imine (C=N–C) groups is 1. The average Bonchev–Trinajstić information content (AvgIpc) is 3.20. The number of aromatic nitrogens is 3. The van der Waals surface area contributed by atoms with Gasteiger partial charge < -0.3 is 19.5 Å². The molecule has 0 radical (unpaired) electrons. The van der Waals surface area contributed by atoms with E-state index in [1.807, 2.05) is 41.9 Å². The summed E-state index contributed by atoms with van der Waals surface area (Å²) in [5, 5.41) is 7.65. The van der Waals surface area contributed by atoms with Crippen LogP contribution in [0.25, 0.3) is 0 Å². The van der Waals surface area contributed by atoms with E-state index in [0.29, 0.717) is 13.2 Å². The lowest BCUT2D eigenvalue weighted by Gasteiger charge is -2.34. The SMILES string of the molecule is CCNC(=NCc1ccn(C)c1)N1CCOC(c2cnn(C)c2)C1. The van der Waals surface area contributed by atoms with E-state index >= 15 is 0 Å². The minimum absolute atomic E-state index is 0.0352. The maximum absolute atomic E-state index is 5.92. The van der Waals surface area contributed by atoms with E-state index in [1.165, 1.54) is 5.56 Å². The minimum Gasteiger partial charge on any atom is -0.370 e. The van der Waals surface area contributed by atoms with Gasteiger partial charge in [-0.2, -0.15) is 5.10 Å². The fourth-order valence-corrected chi connectivity index (χ4v) is 2.90. The van der Waals surface area contributed by atoms with Gasteiger partial charge in [0.1, 0.15) is 6.10 Å². The maximum atomic E-state index is 5.92. The molecule has 2 aromatic rings. The molecular formula is C17H26N6O. The van der Waals surface area contributed by atoms with Crippen LogP contribution in [0, 0.1) is 0 Å². The molecule has 7 nitrogen and oxygen atoms in total. The number of nitrogens with zero attached hydrogens (tertiary/aromatic N) is 5. The molecule has 1 N–H and O–H groups in total. The van der Waals surface area contributed by atoms with Gasteiger partial charge in [-0.3, -0.25) is 4.68 Å². The molecule has 0 spiro atoms. The van der Waals surface area contributed by atoms with Gasteiger partial charge in [0.25, 0.3) is 0 Å². The topological polar surface area (TPSA) is 59.6 Å². The number of morpholine rings is 1. The van der Waals surface area contributed by atoms with E-state index in [9.17, 15) is 0 Å². The number of guanidine groups is 1. The Morgan fingerprint density at radius 2 is 2.29 bits per heavy atom. The van der Waals surface area contributed by atoms with Gasteiger partial charge in [-0.15, -0.1) is 0 Å². The van der Waals surface area contributed by atoms with E-state index in [-0.39, 0.29) is 6.10 Å². The van der Waals surface area contributed by atoms with E-state index in [4.69, 9.17) is 9.73 Å². The molecule has 0 saturated carbocycles. The van der Waals surface area contributed by atoms with Gasteiger partial charge in [-0.05, 0) is 18.6 Å². The van der Waals surface area contributed by atoms with Crippen LogP contribution in [0.3, 0.4) is 0 Å². The standard InChI is InChI=1S/C17H26N6O/c1-4-18-17(19-9-14-5-6-21(2)11-14)23-7-8-24-16(13-23)15-10-20-22(3)12-15/h5-6,10-12,16H,4,7-9,13H2,1-3H3,(H,18,19). The predicted molar refractivity (Wildman–Crippen MR) is 93.7 cm³/mol. The lowest BCUT2D eigenvalue weighted by molar-refractivity contribution is -0.00805. The molecule has 7 heteroatoms. The summed E-state index contributed by atoms with van der Waals surface area (Å²) in [5.41, 5.74) is 2.33. The van der Waals surface area contributed by atoms with Crippen molar-refractivity contribution in [2.24, 2.45) is 19.1 Å². The van der Waals surface area contributed by atoms with Crippen LogP contribution in [0.1, 0.15) is 24.2 Å². The Kier molecular flexibility index (Phi) is 5.20. The van der Waals surface area contributed by atoms with Gasteiger partial charge >= 0.3 is 0 Å². The largest absolute Gasteiger partial charge is 0.370 e. The van der Waals surface area contributed by atoms with Crippen LogP contribution in [-0.2, 0) is 25.4 Å². The second-order valence-corrected chi connectivity index (χ2v) is 6.11. The van der Waals surface area contributed by atoms with Crippen LogP contribution < -0.4 is 5.32 Å². The van der Waals surface area contributed by atoms with E-state index < -0.39 is 0 Å². The van der Waals surface area contributed by atoms with Crippen molar-refractivity contribution in [2.45, 2.75) is 19.6 Å². The first kappa shape index (κ1) is 16.6. The number of ether oxygens (including phenoxy) is 1. The molecule has 1 aliphatic rings. The van der Waals surface area contributed by atoms with Gasteiger partial charge in [0.15, 0.2) is 5.96 Å². The zero-order valence-corrected chi connectivity index (χ0v) is 14.6. The van der Waals surface area contributed by atoms with Crippen molar-refractivity contribution in [3.05, 3.63) is 42.0 Å². The van der Waals surface area contributed by atoms with Crippen molar-refractivity contribution >= 4 is 5.96 Å². The first-order valence-corrected chi connectivity index (χ1v) is 8.40. The van der Waals surface area contributed by atoms with Gasteiger partial charge in [0, 0.05) is 51.3 Å². The summed E-state index contributed by atoms with van der Waals surface area (Å²) in [4.78, 5) is 7.07. The molecule has 0 aliphatic carbocycles. The molecule has 1 fully saturated rings. The lowest BCUT2D eigenvalue weighted by atomic mass is 10.1. The third kappa shape index (κ3) is 3.97. The van der Waals surface area contributed by atoms with E-state index in [2.05, 4.69) is 34.5 Å². The third-order valence-corrected chi connectivity index (χ3v) is 4.10. The molecule has 2 aromatic heterocycles. The smallest absolute Gasteiger partial charge is 0.194 e. The molecule has 1 atom stereocenters. The summed E-state index contributed by atoms with van der Waals surface area (Å²) >= 11 is 0. The number of hydrogen-bond donors (Lipinski definition) is 1. The summed E-state index contributed by atoms with van der Waals surface area (Å²) in [7, 11) is 3.95. The summed E-state index contributed by atoms with van der Waals surface area (Å²) in [6.45, 7) is 5.94. The van der Waals surface area contributed by atoms with Crippen molar-refractivity contribution in [3.8, 4) is 0 Å². The first-order chi connectivity index (χ1) is 11.7. The molecule has 130 valence electrons. The second-order valence-electron chi connectivity index (χ2n) is 6.11. The van der Waals surface area contributed by atoms with Gasteiger partial charge in [-0.1, -0.05) is 0 Å². The molecule has 0 bridgehead atoms. The molecule has 3 heterocycles. The Labute approximate surface area is 142 Å². The van der Waals surface area contributed by atoms with Crippen molar-refractivity contribution in [3.63, 3.8) is 0 Å². The highest BCUT2D eigenvalue weighted by Crippen LogP contribution is 2.21. The Morgan fingerprint density at radius 1 is 1.42 bits per heavy atom. The fourth-order valence-electron chi connectivity index (χ4n) is 2.90. The van der Waals surface area contributed by atoms with Gasteiger partial charge in [0.05, 0.1) is 25.9 Å². The highest BCUT2D eigenvalue weighted by molar-refractivity contribution is 5.80. The Bertz CT molecular complexity index is 689. The summed E-state index contributed by atoms with van der Waals surface area (Å²) in [6, 6.07) is 2.10. The first-order valence-electron chi connectivity index (χ1n) is 8.40. The summed E-state index contributed by atoms with van der Waals surface area (Å²) in [6.07, 6.45) is 8.08. The van der Waals surface area contributed by atoms with Crippen LogP contribution in [0.5, 0.6) is 0 Å². The minimum atomic E-state index is 0.0352.